The van der Waals surface area contributed by atoms with Crippen LogP contribution in [0.25, 0.3) is 0 Å². The Morgan fingerprint density at radius 1 is 1.41 bits per heavy atom. The summed E-state index contributed by atoms with van der Waals surface area (Å²) in [7, 11) is 0. The zero-order valence-electron chi connectivity index (χ0n) is 10.3. The monoisotopic (exact) mass is 257 g/mol. The molecule has 0 aliphatic rings. The minimum absolute atomic E-state index is 0.122. The van der Waals surface area contributed by atoms with Crippen LogP contribution in [0.5, 0.6) is 5.75 Å². The van der Waals surface area contributed by atoms with Crippen molar-refractivity contribution in [1.82, 2.24) is 5.32 Å². The highest BCUT2D eigenvalue weighted by Gasteiger charge is 2.20. The molecule has 0 amide bonds. The van der Waals surface area contributed by atoms with Gasteiger partial charge in [0.1, 0.15) is 5.75 Å². The van der Waals surface area contributed by atoms with Gasteiger partial charge in [-0.3, -0.25) is 0 Å². The quantitative estimate of drug-likeness (QED) is 0.735. The summed E-state index contributed by atoms with van der Waals surface area (Å²) in [5.74, 6) is 0.129. The van der Waals surface area contributed by atoms with Gasteiger partial charge in [-0.25, -0.2) is 0 Å². The summed E-state index contributed by atoms with van der Waals surface area (Å²) >= 11 is 5.84. The average molecular weight is 258 g/mol. The molecule has 1 aromatic carbocycles. The second-order valence-corrected chi connectivity index (χ2v) is 4.90. The third-order valence-corrected chi connectivity index (χ3v) is 3.52. The van der Waals surface area contributed by atoms with Gasteiger partial charge >= 0.3 is 0 Å². The van der Waals surface area contributed by atoms with Crippen molar-refractivity contribution in [3.63, 3.8) is 0 Å². The number of phenolic OH excluding ortho intramolecular Hbond substituents is 1. The molecule has 1 rings (SSSR count). The van der Waals surface area contributed by atoms with Crippen LogP contribution in [0, 0.1) is 0 Å². The summed E-state index contributed by atoms with van der Waals surface area (Å²) in [6.07, 6.45) is 1.60. The minimum Gasteiger partial charge on any atom is -0.506 e. The van der Waals surface area contributed by atoms with E-state index in [4.69, 9.17) is 16.7 Å². The third kappa shape index (κ3) is 3.87. The first kappa shape index (κ1) is 14.3. The van der Waals surface area contributed by atoms with E-state index in [1.165, 1.54) is 0 Å². The van der Waals surface area contributed by atoms with Crippen LogP contribution in [0.4, 0.5) is 0 Å². The molecule has 1 unspecified atom stereocenters. The number of phenols is 1. The Labute approximate surface area is 107 Å². The predicted molar refractivity (Wildman–Crippen MR) is 70.4 cm³/mol. The lowest BCUT2D eigenvalue weighted by molar-refractivity contribution is 0.214. The number of para-hydroxylation sites is 1. The second-order valence-electron chi connectivity index (χ2n) is 4.49. The Balaban J connectivity index is 2.69. The Morgan fingerprint density at radius 3 is 2.71 bits per heavy atom. The molecule has 3 N–H and O–H groups in total. The molecule has 0 saturated heterocycles. The molecule has 0 spiro atoms. The van der Waals surface area contributed by atoms with Gasteiger partial charge in [-0.1, -0.05) is 30.7 Å². The minimum atomic E-state index is -0.122. The van der Waals surface area contributed by atoms with Crippen LogP contribution < -0.4 is 5.32 Å². The van der Waals surface area contributed by atoms with E-state index in [1.54, 1.807) is 6.07 Å². The van der Waals surface area contributed by atoms with E-state index in [1.807, 2.05) is 12.1 Å². The summed E-state index contributed by atoms with van der Waals surface area (Å²) < 4.78 is 0. The fraction of sp³-hybridized carbons (Fsp3) is 0.538. The Kier molecular flexibility index (Phi) is 5.25. The maximum absolute atomic E-state index is 9.78. The van der Waals surface area contributed by atoms with Crippen LogP contribution in [-0.4, -0.2) is 22.4 Å². The van der Waals surface area contributed by atoms with E-state index in [0.29, 0.717) is 18.0 Å². The van der Waals surface area contributed by atoms with Crippen LogP contribution >= 0.6 is 11.6 Å². The SMILES string of the molecule is CCC(C)(CCO)NCc1cccc(Cl)c1O. The molecule has 0 saturated carbocycles. The summed E-state index contributed by atoms with van der Waals surface area (Å²) in [6.45, 7) is 4.82. The van der Waals surface area contributed by atoms with Crippen LogP contribution in [-0.2, 0) is 6.54 Å². The van der Waals surface area contributed by atoms with Gasteiger partial charge < -0.3 is 15.5 Å². The van der Waals surface area contributed by atoms with Gasteiger partial charge in [0.2, 0.25) is 0 Å². The number of benzene rings is 1. The highest BCUT2D eigenvalue weighted by atomic mass is 35.5. The zero-order chi connectivity index (χ0) is 12.9. The van der Waals surface area contributed by atoms with E-state index in [9.17, 15) is 5.11 Å². The standard InChI is InChI=1S/C13H20ClNO2/c1-3-13(2,7-8-16)15-9-10-5-4-6-11(14)12(10)17/h4-6,15-17H,3,7-9H2,1-2H3. The largest absolute Gasteiger partial charge is 0.506 e. The summed E-state index contributed by atoms with van der Waals surface area (Å²) in [5.41, 5.74) is 0.652. The van der Waals surface area contributed by atoms with Gasteiger partial charge in [0.25, 0.3) is 0 Å². The first-order valence-electron chi connectivity index (χ1n) is 5.84. The molecule has 0 bridgehead atoms. The van der Waals surface area contributed by atoms with Crippen molar-refractivity contribution in [2.75, 3.05) is 6.61 Å². The molecule has 17 heavy (non-hydrogen) atoms. The van der Waals surface area contributed by atoms with E-state index in [2.05, 4.69) is 19.2 Å². The summed E-state index contributed by atoms with van der Waals surface area (Å²) in [4.78, 5) is 0. The first-order valence-corrected chi connectivity index (χ1v) is 6.22. The van der Waals surface area contributed by atoms with Crippen molar-refractivity contribution in [2.45, 2.75) is 38.8 Å². The van der Waals surface area contributed by atoms with Crippen molar-refractivity contribution >= 4 is 11.6 Å². The highest BCUT2D eigenvalue weighted by molar-refractivity contribution is 6.32. The molecule has 0 aliphatic heterocycles. The number of hydrogen-bond acceptors (Lipinski definition) is 3. The molecule has 1 atom stereocenters. The normalized spacial score (nSPS) is 14.6. The predicted octanol–water partition coefficient (Wildman–Crippen LogP) is 2.69. The number of hydrogen-bond donors (Lipinski definition) is 3. The van der Waals surface area contributed by atoms with Crippen molar-refractivity contribution < 1.29 is 10.2 Å². The number of nitrogens with one attached hydrogen (secondary N) is 1. The van der Waals surface area contributed by atoms with E-state index < -0.39 is 0 Å². The van der Waals surface area contributed by atoms with Crippen LogP contribution in [0.1, 0.15) is 32.3 Å². The number of aliphatic hydroxyl groups excluding tert-OH is 1. The van der Waals surface area contributed by atoms with Gasteiger partial charge in [0, 0.05) is 24.3 Å². The van der Waals surface area contributed by atoms with Gasteiger partial charge in [-0.05, 0) is 25.8 Å². The van der Waals surface area contributed by atoms with Crippen LogP contribution in [0.2, 0.25) is 5.02 Å². The van der Waals surface area contributed by atoms with Gasteiger partial charge in [0.15, 0.2) is 0 Å². The molecule has 0 aliphatic carbocycles. The third-order valence-electron chi connectivity index (χ3n) is 3.22. The lowest BCUT2D eigenvalue weighted by Gasteiger charge is -2.29. The maximum atomic E-state index is 9.78. The summed E-state index contributed by atoms with van der Waals surface area (Å²) in [5, 5.41) is 22.5. The topological polar surface area (TPSA) is 52.5 Å². The molecule has 1 aromatic rings. The molecule has 0 heterocycles. The van der Waals surface area contributed by atoms with Crippen LogP contribution in [0.15, 0.2) is 18.2 Å². The molecule has 3 nitrogen and oxygen atoms in total. The van der Waals surface area contributed by atoms with Gasteiger partial charge in [-0.15, -0.1) is 0 Å². The smallest absolute Gasteiger partial charge is 0.138 e. The average Bonchev–Trinajstić information content (AvgIpc) is 2.31. The number of halogens is 1. The molecule has 0 fully saturated rings. The Morgan fingerprint density at radius 2 is 2.12 bits per heavy atom. The van der Waals surface area contributed by atoms with E-state index >= 15 is 0 Å². The van der Waals surface area contributed by atoms with Crippen molar-refractivity contribution in [3.05, 3.63) is 28.8 Å². The molecule has 0 aromatic heterocycles. The molecule has 4 heteroatoms. The highest BCUT2D eigenvalue weighted by Crippen LogP contribution is 2.27. The fourth-order valence-electron chi connectivity index (χ4n) is 1.65. The van der Waals surface area contributed by atoms with E-state index in [0.717, 1.165) is 12.0 Å². The number of aliphatic hydroxyl groups is 1. The summed E-state index contributed by atoms with van der Waals surface area (Å²) in [6, 6.07) is 5.31. The van der Waals surface area contributed by atoms with Crippen molar-refractivity contribution in [3.8, 4) is 5.75 Å². The second kappa shape index (κ2) is 6.24. The lowest BCUT2D eigenvalue weighted by atomic mass is 9.94. The molecular formula is C13H20ClNO2. The zero-order valence-corrected chi connectivity index (χ0v) is 11.1. The van der Waals surface area contributed by atoms with E-state index in [-0.39, 0.29) is 17.9 Å². The number of rotatable bonds is 6. The maximum Gasteiger partial charge on any atom is 0.138 e. The number of aromatic hydroxyl groups is 1. The lowest BCUT2D eigenvalue weighted by Crippen LogP contribution is -2.42. The van der Waals surface area contributed by atoms with Crippen LogP contribution in [0.3, 0.4) is 0 Å². The Hall–Kier alpha value is -0.770. The molecule has 0 radical (unpaired) electrons. The fourth-order valence-corrected chi connectivity index (χ4v) is 1.84. The van der Waals surface area contributed by atoms with Crippen molar-refractivity contribution in [1.29, 1.82) is 0 Å². The molecular weight excluding hydrogens is 238 g/mol. The van der Waals surface area contributed by atoms with Gasteiger partial charge in [0.05, 0.1) is 5.02 Å². The van der Waals surface area contributed by atoms with Gasteiger partial charge in [-0.2, -0.15) is 0 Å². The molecule has 96 valence electrons. The first-order chi connectivity index (χ1) is 8.02. The Bertz CT molecular complexity index is 370. The van der Waals surface area contributed by atoms with Crippen molar-refractivity contribution in [2.24, 2.45) is 0 Å².